The molecule has 0 aliphatic heterocycles. The third kappa shape index (κ3) is 3.85. The highest BCUT2D eigenvalue weighted by Crippen LogP contribution is 2.35. The molecule has 144 valence electrons. The molecule has 0 atom stereocenters. The largest absolute Gasteiger partial charge is 0.445 e. The average molecular weight is 389 g/mol. The molecule has 0 fully saturated rings. The Balaban J connectivity index is 2.00. The number of ether oxygens (including phenoxy) is 2. The molecule has 0 bridgehead atoms. The quantitative estimate of drug-likeness (QED) is 0.669. The van der Waals surface area contributed by atoms with Gasteiger partial charge in [-0.25, -0.2) is 9.59 Å². The minimum Gasteiger partial charge on any atom is -0.445 e. The second-order valence-electron chi connectivity index (χ2n) is 5.97. The van der Waals surface area contributed by atoms with Gasteiger partial charge in [-0.3, -0.25) is 0 Å². The summed E-state index contributed by atoms with van der Waals surface area (Å²) in [6.45, 7) is 6.88. The van der Waals surface area contributed by atoms with Gasteiger partial charge in [0.1, 0.15) is 18.0 Å². The molecule has 3 aromatic rings. The number of para-hydroxylation sites is 1. The zero-order valence-corrected chi connectivity index (χ0v) is 16.4. The number of aromatic nitrogens is 1. The molecule has 0 spiro atoms. The minimum atomic E-state index is -0.466. The molecular weight excluding hydrogens is 366 g/mol. The standard InChI is InChI=1S/C19H23N3O4S/c1-4-20-18(23)25-10-13-12(3)22-15-8-6-7-9-16(15)27-17(22)14(13)11-26-19(24)21-5-2/h6-9H,4-5,10-11H2,1-3H3,(H,20,23)(H,21,24). The molecule has 2 aromatic heterocycles. The Bertz CT molecular complexity index is 976. The van der Waals surface area contributed by atoms with Crippen molar-refractivity contribution in [3.8, 4) is 0 Å². The lowest BCUT2D eigenvalue weighted by Crippen LogP contribution is -2.24. The van der Waals surface area contributed by atoms with Crippen molar-refractivity contribution in [2.75, 3.05) is 13.1 Å². The molecule has 0 aliphatic carbocycles. The van der Waals surface area contributed by atoms with E-state index in [2.05, 4.69) is 27.2 Å². The Hall–Kier alpha value is -2.74. The van der Waals surface area contributed by atoms with E-state index in [0.717, 1.165) is 31.9 Å². The van der Waals surface area contributed by atoms with E-state index in [-0.39, 0.29) is 13.2 Å². The van der Waals surface area contributed by atoms with Crippen LogP contribution in [0.3, 0.4) is 0 Å². The van der Waals surface area contributed by atoms with Crippen molar-refractivity contribution in [2.24, 2.45) is 0 Å². The van der Waals surface area contributed by atoms with Crippen LogP contribution < -0.4 is 10.6 Å². The van der Waals surface area contributed by atoms with E-state index in [9.17, 15) is 9.59 Å². The maximum absolute atomic E-state index is 11.8. The van der Waals surface area contributed by atoms with Crippen molar-refractivity contribution in [2.45, 2.75) is 34.0 Å². The third-order valence-corrected chi connectivity index (χ3v) is 5.44. The van der Waals surface area contributed by atoms with Crippen molar-refractivity contribution in [1.29, 1.82) is 0 Å². The maximum Gasteiger partial charge on any atom is 0.407 e. The molecule has 8 heteroatoms. The van der Waals surface area contributed by atoms with Crippen molar-refractivity contribution < 1.29 is 19.1 Å². The van der Waals surface area contributed by atoms with Gasteiger partial charge in [-0.1, -0.05) is 12.1 Å². The van der Waals surface area contributed by atoms with Crippen LogP contribution in [-0.4, -0.2) is 29.7 Å². The Kier molecular flexibility index (Phi) is 5.85. The van der Waals surface area contributed by atoms with Gasteiger partial charge in [-0.05, 0) is 32.9 Å². The zero-order valence-electron chi connectivity index (χ0n) is 15.6. The van der Waals surface area contributed by atoms with Gasteiger partial charge in [0.05, 0.1) is 10.2 Å². The van der Waals surface area contributed by atoms with Gasteiger partial charge < -0.3 is 24.5 Å². The second kappa shape index (κ2) is 8.30. The normalized spacial score (nSPS) is 10.9. The van der Waals surface area contributed by atoms with E-state index in [0.29, 0.717) is 13.1 Å². The Morgan fingerprint density at radius 2 is 1.59 bits per heavy atom. The van der Waals surface area contributed by atoms with Crippen LogP contribution in [-0.2, 0) is 22.7 Å². The number of aryl methyl sites for hydroxylation is 1. The number of hydrogen-bond acceptors (Lipinski definition) is 5. The molecule has 2 amide bonds. The molecule has 2 N–H and O–H groups in total. The second-order valence-corrected chi connectivity index (χ2v) is 7.00. The number of nitrogens with one attached hydrogen (secondary N) is 2. The molecule has 7 nitrogen and oxygen atoms in total. The number of hydrogen-bond donors (Lipinski definition) is 2. The predicted molar refractivity (Wildman–Crippen MR) is 105 cm³/mol. The summed E-state index contributed by atoms with van der Waals surface area (Å²) in [5.74, 6) is 0. The summed E-state index contributed by atoms with van der Waals surface area (Å²) < 4.78 is 14.0. The van der Waals surface area contributed by atoms with E-state index >= 15 is 0 Å². The molecule has 0 radical (unpaired) electrons. The van der Waals surface area contributed by atoms with Gasteiger partial charge >= 0.3 is 12.2 Å². The highest BCUT2D eigenvalue weighted by atomic mass is 32.1. The molecule has 1 aromatic carbocycles. The van der Waals surface area contributed by atoms with E-state index < -0.39 is 12.2 Å². The first-order chi connectivity index (χ1) is 13.1. The smallest absolute Gasteiger partial charge is 0.407 e. The fourth-order valence-electron chi connectivity index (χ4n) is 3.01. The first-order valence-electron chi connectivity index (χ1n) is 8.88. The average Bonchev–Trinajstić information content (AvgIpc) is 3.14. The van der Waals surface area contributed by atoms with Crippen molar-refractivity contribution >= 4 is 38.6 Å². The lowest BCUT2D eigenvalue weighted by molar-refractivity contribution is 0.132. The highest BCUT2D eigenvalue weighted by Gasteiger charge is 2.21. The monoisotopic (exact) mass is 389 g/mol. The number of nitrogens with zero attached hydrogens (tertiary/aromatic N) is 1. The van der Waals surface area contributed by atoms with Gasteiger partial charge in [-0.15, -0.1) is 11.3 Å². The van der Waals surface area contributed by atoms with Crippen LogP contribution in [0.5, 0.6) is 0 Å². The third-order valence-electron chi connectivity index (χ3n) is 4.25. The van der Waals surface area contributed by atoms with Crippen LogP contribution in [0.2, 0.25) is 0 Å². The SMILES string of the molecule is CCNC(=O)OCc1c(COC(=O)NCC)c2sc3ccccc3n2c1C. The summed E-state index contributed by atoms with van der Waals surface area (Å²) in [4.78, 5) is 24.5. The molecule has 27 heavy (non-hydrogen) atoms. The minimum absolute atomic E-state index is 0.115. The van der Waals surface area contributed by atoms with E-state index in [4.69, 9.17) is 9.47 Å². The highest BCUT2D eigenvalue weighted by molar-refractivity contribution is 7.24. The molecule has 3 rings (SSSR count). The Morgan fingerprint density at radius 3 is 2.22 bits per heavy atom. The van der Waals surface area contributed by atoms with Crippen molar-refractivity contribution in [1.82, 2.24) is 15.0 Å². The predicted octanol–water partition coefficient (Wildman–Crippen LogP) is 3.95. The van der Waals surface area contributed by atoms with Gasteiger partial charge in [0, 0.05) is 29.9 Å². The number of thiazole rings is 1. The van der Waals surface area contributed by atoms with Crippen LogP contribution in [0.15, 0.2) is 24.3 Å². The van der Waals surface area contributed by atoms with Crippen LogP contribution in [0, 0.1) is 6.92 Å². The summed E-state index contributed by atoms with van der Waals surface area (Å²) in [5, 5.41) is 5.24. The summed E-state index contributed by atoms with van der Waals surface area (Å²) >= 11 is 1.63. The first kappa shape index (κ1) is 19.0. The summed E-state index contributed by atoms with van der Waals surface area (Å²) in [6, 6.07) is 8.10. The number of alkyl carbamates (subject to hydrolysis) is 2. The van der Waals surface area contributed by atoms with Crippen LogP contribution >= 0.6 is 11.3 Å². The number of rotatable bonds is 6. The first-order valence-corrected chi connectivity index (χ1v) is 9.70. The topological polar surface area (TPSA) is 81.1 Å². The summed E-state index contributed by atoms with van der Waals surface area (Å²) in [6.07, 6.45) is -0.932. The maximum atomic E-state index is 11.8. The number of amides is 2. The number of benzene rings is 1. The van der Waals surface area contributed by atoms with Gasteiger partial charge in [-0.2, -0.15) is 0 Å². The van der Waals surface area contributed by atoms with Crippen molar-refractivity contribution in [3.63, 3.8) is 0 Å². The Labute approximate surface area is 161 Å². The molecule has 0 saturated heterocycles. The summed E-state index contributed by atoms with van der Waals surface area (Å²) in [5.41, 5.74) is 3.78. The number of fused-ring (bicyclic) bond motifs is 3. The van der Waals surface area contributed by atoms with Crippen LogP contribution in [0.25, 0.3) is 15.0 Å². The zero-order chi connectivity index (χ0) is 19.4. The molecule has 0 saturated carbocycles. The fourth-order valence-corrected chi connectivity index (χ4v) is 4.26. The fraction of sp³-hybridized carbons (Fsp3) is 0.368. The number of carbonyl (C=O) groups excluding carboxylic acids is 2. The Morgan fingerprint density at radius 1 is 1.00 bits per heavy atom. The van der Waals surface area contributed by atoms with Gasteiger partial charge in [0.2, 0.25) is 0 Å². The van der Waals surface area contributed by atoms with Gasteiger partial charge in [0.15, 0.2) is 0 Å². The van der Waals surface area contributed by atoms with Crippen LogP contribution in [0.1, 0.15) is 30.7 Å². The molecule has 2 heterocycles. The van der Waals surface area contributed by atoms with Crippen LogP contribution in [0.4, 0.5) is 9.59 Å². The van der Waals surface area contributed by atoms with Crippen molar-refractivity contribution in [3.05, 3.63) is 41.1 Å². The molecular formula is C19H23N3O4S. The van der Waals surface area contributed by atoms with Gasteiger partial charge in [0.25, 0.3) is 0 Å². The lowest BCUT2D eigenvalue weighted by Gasteiger charge is -2.09. The number of carbonyl (C=O) groups is 2. The van der Waals surface area contributed by atoms with E-state index in [1.54, 1.807) is 11.3 Å². The molecule has 0 unspecified atom stereocenters. The lowest BCUT2D eigenvalue weighted by atomic mass is 10.2. The molecule has 0 aliphatic rings. The van der Waals surface area contributed by atoms with E-state index in [1.807, 2.05) is 32.9 Å². The van der Waals surface area contributed by atoms with E-state index in [1.165, 1.54) is 0 Å². The summed E-state index contributed by atoms with van der Waals surface area (Å²) in [7, 11) is 0.